The number of thiocarbonyl (C=S) groups is 1. The second kappa shape index (κ2) is 6.17. The first-order valence-corrected chi connectivity index (χ1v) is 6.92. The van der Waals surface area contributed by atoms with Crippen molar-refractivity contribution < 1.29 is 9.72 Å². The number of halogens is 1. The van der Waals surface area contributed by atoms with Crippen molar-refractivity contribution >= 4 is 57.6 Å². The highest BCUT2D eigenvalue weighted by atomic mass is 35.5. The standard InChI is InChI=1S/C12H7ClN2O3S2/c13-8(6-10-11(16)14-12(19)20-10)5-7-1-3-9(4-2-7)15(17)18/h1-6H,(H,14,16,19)/b8-5-,10-6+. The number of thioether (sulfide) groups is 1. The van der Waals surface area contributed by atoms with E-state index in [9.17, 15) is 14.9 Å². The summed E-state index contributed by atoms with van der Waals surface area (Å²) >= 11 is 12.0. The Hall–Kier alpha value is -1.70. The van der Waals surface area contributed by atoms with Gasteiger partial charge in [-0.15, -0.1) is 0 Å². The molecule has 2 rings (SSSR count). The highest BCUT2D eigenvalue weighted by molar-refractivity contribution is 8.26. The van der Waals surface area contributed by atoms with Crippen LogP contribution in [0.25, 0.3) is 6.08 Å². The first-order valence-electron chi connectivity index (χ1n) is 5.32. The molecule has 1 aromatic carbocycles. The van der Waals surface area contributed by atoms with E-state index >= 15 is 0 Å². The van der Waals surface area contributed by atoms with Gasteiger partial charge in [0.1, 0.15) is 4.32 Å². The van der Waals surface area contributed by atoms with Gasteiger partial charge in [0.2, 0.25) is 0 Å². The van der Waals surface area contributed by atoms with Gasteiger partial charge in [0.05, 0.1) is 9.83 Å². The van der Waals surface area contributed by atoms with Crippen molar-refractivity contribution in [2.75, 3.05) is 0 Å². The van der Waals surface area contributed by atoms with Gasteiger partial charge in [-0.05, 0) is 29.8 Å². The maximum atomic E-state index is 11.4. The molecule has 102 valence electrons. The van der Waals surface area contributed by atoms with Gasteiger partial charge >= 0.3 is 0 Å². The Morgan fingerprint density at radius 3 is 2.55 bits per heavy atom. The van der Waals surface area contributed by atoms with Crippen molar-refractivity contribution in [3.63, 3.8) is 0 Å². The Balaban J connectivity index is 2.18. The molecule has 0 aromatic heterocycles. The predicted octanol–water partition coefficient (Wildman–Crippen LogP) is 3.21. The number of allylic oxidation sites excluding steroid dienone is 2. The maximum absolute atomic E-state index is 11.4. The lowest BCUT2D eigenvalue weighted by molar-refractivity contribution is -0.384. The van der Waals surface area contributed by atoms with Crippen molar-refractivity contribution in [3.8, 4) is 0 Å². The third-order valence-electron chi connectivity index (χ3n) is 2.32. The summed E-state index contributed by atoms with van der Waals surface area (Å²) < 4.78 is 0.390. The van der Waals surface area contributed by atoms with Gasteiger partial charge in [0.25, 0.3) is 11.6 Å². The molecule has 0 bridgehead atoms. The van der Waals surface area contributed by atoms with Gasteiger partial charge in [0, 0.05) is 17.2 Å². The number of non-ortho nitro benzene ring substituents is 1. The molecule has 5 nitrogen and oxygen atoms in total. The topological polar surface area (TPSA) is 72.2 Å². The van der Waals surface area contributed by atoms with Crippen LogP contribution in [0.1, 0.15) is 5.56 Å². The number of nitrogens with one attached hydrogen (secondary N) is 1. The Bertz CT molecular complexity index is 653. The van der Waals surface area contributed by atoms with Gasteiger partial charge in [-0.1, -0.05) is 35.6 Å². The van der Waals surface area contributed by atoms with E-state index in [0.29, 0.717) is 19.8 Å². The zero-order chi connectivity index (χ0) is 14.7. The first-order chi connectivity index (χ1) is 9.45. The molecule has 1 aromatic rings. The fourth-order valence-corrected chi connectivity index (χ4v) is 2.77. The van der Waals surface area contributed by atoms with Crippen molar-refractivity contribution in [2.24, 2.45) is 0 Å². The molecule has 0 saturated carbocycles. The lowest BCUT2D eigenvalue weighted by Gasteiger charge is -1.96. The monoisotopic (exact) mass is 326 g/mol. The first kappa shape index (κ1) is 14.7. The number of benzene rings is 1. The van der Waals surface area contributed by atoms with Crippen molar-refractivity contribution in [2.45, 2.75) is 0 Å². The molecule has 0 unspecified atom stereocenters. The number of nitrogens with zero attached hydrogens (tertiary/aromatic N) is 1. The molecular weight excluding hydrogens is 320 g/mol. The average molecular weight is 327 g/mol. The van der Waals surface area contributed by atoms with E-state index in [1.807, 2.05) is 0 Å². The largest absolute Gasteiger partial charge is 0.307 e. The molecule has 1 saturated heterocycles. The lowest BCUT2D eigenvalue weighted by Crippen LogP contribution is -2.17. The van der Waals surface area contributed by atoms with Crippen LogP contribution in [0.5, 0.6) is 0 Å². The van der Waals surface area contributed by atoms with Gasteiger partial charge < -0.3 is 5.32 Å². The van der Waals surface area contributed by atoms with E-state index in [0.717, 1.165) is 11.8 Å². The summed E-state index contributed by atoms with van der Waals surface area (Å²) in [5.41, 5.74) is 0.705. The Morgan fingerprint density at radius 2 is 2.05 bits per heavy atom. The van der Waals surface area contributed by atoms with Crippen LogP contribution in [0.15, 0.2) is 40.3 Å². The molecular formula is C12H7ClN2O3S2. The SMILES string of the molecule is O=C1NC(=S)S/C1=C/C(Cl)=C/c1ccc([N+](=O)[O-])cc1. The summed E-state index contributed by atoms with van der Waals surface area (Å²) in [7, 11) is 0. The van der Waals surface area contributed by atoms with Crippen molar-refractivity contribution in [3.05, 3.63) is 56.0 Å². The van der Waals surface area contributed by atoms with Crippen molar-refractivity contribution in [1.29, 1.82) is 0 Å². The molecule has 0 radical (unpaired) electrons. The minimum atomic E-state index is -0.475. The molecule has 1 aliphatic heterocycles. The molecule has 0 aliphatic carbocycles. The number of carbonyl (C=O) groups is 1. The molecule has 20 heavy (non-hydrogen) atoms. The Labute approximate surface area is 128 Å². The van der Waals surface area contributed by atoms with E-state index < -0.39 is 4.92 Å². The molecule has 0 atom stereocenters. The van der Waals surface area contributed by atoms with Crippen LogP contribution >= 0.6 is 35.6 Å². The normalized spacial score (nSPS) is 17.4. The Kier molecular flexibility index (Phi) is 4.53. The maximum Gasteiger partial charge on any atom is 0.269 e. The minimum Gasteiger partial charge on any atom is -0.307 e. The smallest absolute Gasteiger partial charge is 0.269 e. The number of carbonyl (C=O) groups excluding carboxylic acids is 1. The third kappa shape index (κ3) is 3.66. The summed E-state index contributed by atoms with van der Waals surface area (Å²) in [5, 5.41) is 13.3. The Morgan fingerprint density at radius 1 is 1.40 bits per heavy atom. The second-order valence-corrected chi connectivity index (χ2v) is 5.89. The number of amides is 1. The van der Waals surface area contributed by atoms with Crippen molar-refractivity contribution in [1.82, 2.24) is 5.32 Å². The quantitative estimate of drug-likeness (QED) is 0.399. The van der Waals surface area contributed by atoms with E-state index in [1.165, 1.54) is 18.2 Å². The summed E-state index contributed by atoms with van der Waals surface area (Å²) in [6.45, 7) is 0. The van der Waals surface area contributed by atoms with Crippen LogP contribution in [0.4, 0.5) is 5.69 Å². The predicted molar refractivity (Wildman–Crippen MR) is 83.3 cm³/mol. The zero-order valence-electron chi connectivity index (χ0n) is 9.83. The van der Waals surface area contributed by atoms with E-state index in [2.05, 4.69) is 5.32 Å². The summed E-state index contributed by atoms with van der Waals surface area (Å²) in [5.74, 6) is -0.282. The third-order valence-corrected chi connectivity index (χ3v) is 3.70. The van der Waals surface area contributed by atoms with Gasteiger partial charge in [0.15, 0.2) is 0 Å². The minimum absolute atomic E-state index is 0.00713. The zero-order valence-corrected chi connectivity index (χ0v) is 12.2. The van der Waals surface area contributed by atoms with Gasteiger partial charge in [-0.3, -0.25) is 14.9 Å². The number of rotatable bonds is 3. The number of hydrogen-bond acceptors (Lipinski definition) is 5. The molecule has 1 N–H and O–H groups in total. The highest BCUT2D eigenvalue weighted by Crippen LogP contribution is 2.26. The van der Waals surface area contributed by atoms with E-state index in [-0.39, 0.29) is 11.6 Å². The van der Waals surface area contributed by atoms with Gasteiger partial charge in [-0.2, -0.15) is 0 Å². The molecule has 1 heterocycles. The molecule has 1 fully saturated rings. The number of nitro benzene ring substituents is 1. The summed E-state index contributed by atoms with van der Waals surface area (Å²) in [6.07, 6.45) is 3.11. The molecule has 1 amide bonds. The summed E-state index contributed by atoms with van der Waals surface area (Å²) in [6, 6.07) is 5.92. The molecule has 8 heteroatoms. The van der Waals surface area contributed by atoms with Crippen LogP contribution in [0, 0.1) is 10.1 Å². The van der Waals surface area contributed by atoms with Crippen LogP contribution < -0.4 is 5.32 Å². The molecule has 1 aliphatic rings. The van der Waals surface area contributed by atoms with Crippen LogP contribution in [-0.4, -0.2) is 15.2 Å². The average Bonchev–Trinajstić information content (AvgIpc) is 2.68. The fourth-order valence-electron chi connectivity index (χ4n) is 1.44. The van der Waals surface area contributed by atoms with Crippen LogP contribution in [0.2, 0.25) is 0 Å². The second-order valence-electron chi connectivity index (χ2n) is 3.73. The number of nitro groups is 1. The lowest BCUT2D eigenvalue weighted by atomic mass is 10.2. The molecule has 0 spiro atoms. The number of hydrogen-bond donors (Lipinski definition) is 1. The van der Waals surface area contributed by atoms with Gasteiger partial charge in [-0.25, -0.2) is 0 Å². The van der Waals surface area contributed by atoms with E-state index in [1.54, 1.807) is 18.2 Å². The highest BCUT2D eigenvalue weighted by Gasteiger charge is 2.21. The summed E-state index contributed by atoms with van der Waals surface area (Å²) in [4.78, 5) is 21.9. The van der Waals surface area contributed by atoms with Crippen LogP contribution in [-0.2, 0) is 4.79 Å². The van der Waals surface area contributed by atoms with Crippen LogP contribution in [0.3, 0.4) is 0 Å². The van der Waals surface area contributed by atoms with E-state index in [4.69, 9.17) is 23.8 Å². The fraction of sp³-hybridized carbons (Fsp3) is 0.